The van der Waals surface area contributed by atoms with Crippen LogP contribution < -0.4 is 10.6 Å². The first-order chi connectivity index (χ1) is 6.83. The second-order valence-corrected chi connectivity index (χ2v) is 3.71. The predicted molar refractivity (Wildman–Crippen MR) is 61.4 cm³/mol. The Morgan fingerprint density at radius 3 is 3.14 bits per heavy atom. The van der Waals surface area contributed by atoms with E-state index in [4.69, 9.17) is 17.0 Å². The highest BCUT2D eigenvalue weighted by Crippen LogP contribution is 1.99. The van der Waals surface area contributed by atoms with E-state index in [0.29, 0.717) is 18.3 Å². The molecule has 14 heavy (non-hydrogen) atoms. The molecule has 0 aliphatic carbocycles. The molecule has 0 fully saturated rings. The fourth-order valence-corrected chi connectivity index (χ4v) is 1.56. The van der Waals surface area contributed by atoms with Crippen molar-refractivity contribution in [2.75, 3.05) is 20.3 Å². The highest BCUT2D eigenvalue weighted by atomic mass is 32.1. The van der Waals surface area contributed by atoms with Crippen LogP contribution in [-0.2, 0) is 11.3 Å². The van der Waals surface area contributed by atoms with Crippen LogP contribution >= 0.6 is 23.6 Å². The molecule has 1 rings (SSSR count). The second-order valence-electron chi connectivity index (χ2n) is 2.58. The van der Waals surface area contributed by atoms with Crippen molar-refractivity contribution in [3.63, 3.8) is 0 Å². The number of methoxy groups -OCH3 is 1. The third kappa shape index (κ3) is 4.50. The lowest BCUT2D eigenvalue weighted by molar-refractivity contribution is 0.204. The summed E-state index contributed by atoms with van der Waals surface area (Å²) in [5.41, 5.74) is 2.81. The minimum Gasteiger partial charge on any atom is -0.383 e. The van der Waals surface area contributed by atoms with Crippen molar-refractivity contribution in [3.05, 3.63) is 16.6 Å². The maximum Gasteiger partial charge on any atom is 0.166 e. The van der Waals surface area contributed by atoms with Gasteiger partial charge in [0.1, 0.15) is 0 Å². The molecule has 78 valence electrons. The minimum atomic E-state index is 0.634. The summed E-state index contributed by atoms with van der Waals surface area (Å²) in [4.78, 5) is 4.13. The minimum absolute atomic E-state index is 0.634. The lowest BCUT2D eigenvalue weighted by Gasteiger charge is -2.08. The number of thiocarbonyl (C=S) groups is 1. The zero-order valence-electron chi connectivity index (χ0n) is 7.95. The number of rotatable bonds is 5. The van der Waals surface area contributed by atoms with Gasteiger partial charge in [0.25, 0.3) is 0 Å². The number of ether oxygens (including phenoxy) is 1. The first-order valence-electron chi connectivity index (χ1n) is 4.20. The van der Waals surface area contributed by atoms with E-state index >= 15 is 0 Å². The van der Waals surface area contributed by atoms with Gasteiger partial charge < -0.3 is 15.4 Å². The van der Waals surface area contributed by atoms with Crippen LogP contribution in [0.25, 0.3) is 0 Å². The zero-order chi connectivity index (χ0) is 10.2. The van der Waals surface area contributed by atoms with E-state index in [1.54, 1.807) is 24.0 Å². The summed E-state index contributed by atoms with van der Waals surface area (Å²) in [5, 5.41) is 8.69. The fraction of sp³-hybridized carbons (Fsp3) is 0.500. The van der Waals surface area contributed by atoms with E-state index in [2.05, 4.69) is 15.6 Å². The number of thiazole rings is 1. The fourth-order valence-electron chi connectivity index (χ4n) is 0.825. The van der Waals surface area contributed by atoms with Gasteiger partial charge in [-0.1, -0.05) is 0 Å². The summed E-state index contributed by atoms with van der Waals surface area (Å²) in [5.74, 6) is 0. The second kappa shape index (κ2) is 6.69. The predicted octanol–water partition coefficient (Wildman–Crippen LogP) is 0.754. The molecule has 0 atom stereocenters. The molecule has 0 aliphatic heterocycles. The molecule has 0 amide bonds. The summed E-state index contributed by atoms with van der Waals surface area (Å²) < 4.78 is 4.88. The van der Waals surface area contributed by atoms with Crippen molar-refractivity contribution in [1.29, 1.82) is 0 Å². The Hall–Kier alpha value is -0.720. The molecule has 2 N–H and O–H groups in total. The topological polar surface area (TPSA) is 46.2 Å². The number of nitrogens with zero attached hydrogens (tertiary/aromatic N) is 1. The molecule has 0 bridgehead atoms. The first-order valence-corrected chi connectivity index (χ1v) is 5.55. The van der Waals surface area contributed by atoms with Crippen LogP contribution in [0.15, 0.2) is 10.9 Å². The maximum absolute atomic E-state index is 5.04. The Labute approximate surface area is 92.7 Å². The van der Waals surface area contributed by atoms with Crippen molar-refractivity contribution in [1.82, 2.24) is 15.6 Å². The normalized spacial score (nSPS) is 9.79. The van der Waals surface area contributed by atoms with Crippen LogP contribution in [0.2, 0.25) is 0 Å². The van der Waals surface area contributed by atoms with Crippen LogP contribution in [0.3, 0.4) is 0 Å². The third-order valence-electron chi connectivity index (χ3n) is 1.51. The molecular formula is C8H13N3OS2. The van der Waals surface area contributed by atoms with Crippen LogP contribution in [0, 0.1) is 0 Å². The number of hydrogen-bond acceptors (Lipinski definition) is 4. The quantitative estimate of drug-likeness (QED) is 0.578. The molecule has 0 aliphatic rings. The van der Waals surface area contributed by atoms with Gasteiger partial charge in [0.05, 0.1) is 24.4 Å². The molecular weight excluding hydrogens is 218 g/mol. The molecule has 0 saturated heterocycles. The van der Waals surface area contributed by atoms with Gasteiger partial charge in [-0.05, 0) is 12.2 Å². The maximum atomic E-state index is 5.04. The molecule has 0 aromatic carbocycles. The standard InChI is InChI=1S/C8H13N3OS2/c1-12-3-2-9-8(13)10-4-7-5-14-6-11-7/h5-6H,2-4H2,1H3,(H2,9,10,13). The SMILES string of the molecule is COCCNC(=S)NCc1cscn1. The van der Waals surface area contributed by atoms with Gasteiger partial charge in [-0.3, -0.25) is 0 Å². The largest absolute Gasteiger partial charge is 0.383 e. The van der Waals surface area contributed by atoms with Crippen LogP contribution in [0.1, 0.15) is 5.69 Å². The monoisotopic (exact) mass is 231 g/mol. The highest BCUT2D eigenvalue weighted by Gasteiger charge is 1.96. The average Bonchev–Trinajstić information content (AvgIpc) is 2.68. The van der Waals surface area contributed by atoms with E-state index in [0.717, 1.165) is 12.2 Å². The third-order valence-corrected chi connectivity index (χ3v) is 2.43. The van der Waals surface area contributed by atoms with E-state index in [-0.39, 0.29) is 0 Å². The van der Waals surface area contributed by atoms with E-state index in [1.165, 1.54) is 0 Å². The molecule has 4 nitrogen and oxygen atoms in total. The van der Waals surface area contributed by atoms with Crippen molar-refractivity contribution in [2.45, 2.75) is 6.54 Å². The average molecular weight is 231 g/mol. The van der Waals surface area contributed by atoms with Crippen molar-refractivity contribution < 1.29 is 4.74 Å². The molecule has 0 spiro atoms. The Balaban J connectivity index is 2.09. The zero-order valence-corrected chi connectivity index (χ0v) is 9.58. The van der Waals surface area contributed by atoms with Gasteiger partial charge in [0, 0.05) is 19.0 Å². The molecule has 6 heteroatoms. The van der Waals surface area contributed by atoms with Crippen LogP contribution in [0.4, 0.5) is 0 Å². The molecule has 1 aromatic rings. The lowest BCUT2D eigenvalue weighted by Crippen LogP contribution is -2.36. The summed E-state index contributed by atoms with van der Waals surface area (Å²) in [6.07, 6.45) is 0. The Morgan fingerprint density at radius 1 is 1.64 bits per heavy atom. The number of nitrogens with one attached hydrogen (secondary N) is 2. The van der Waals surface area contributed by atoms with Gasteiger partial charge in [0.2, 0.25) is 0 Å². The summed E-state index contributed by atoms with van der Waals surface area (Å²) in [7, 11) is 1.66. The number of aromatic nitrogens is 1. The first kappa shape index (κ1) is 11.4. The summed E-state index contributed by atoms with van der Waals surface area (Å²) in [6, 6.07) is 0. The van der Waals surface area contributed by atoms with E-state index in [1.807, 2.05) is 5.38 Å². The van der Waals surface area contributed by atoms with Gasteiger partial charge in [-0.15, -0.1) is 11.3 Å². The Bertz CT molecular complexity index is 264. The van der Waals surface area contributed by atoms with Gasteiger partial charge >= 0.3 is 0 Å². The van der Waals surface area contributed by atoms with Crippen molar-refractivity contribution in [2.24, 2.45) is 0 Å². The molecule has 0 unspecified atom stereocenters. The van der Waals surface area contributed by atoms with Crippen molar-refractivity contribution >= 4 is 28.7 Å². The van der Waals surface area contributed by atoms with Gasteiger partial charge in [0.15, 0.2) is 5.11 Å². The van der Waals surface area contributed by atoms with Crippen molar-refractivity contribution in [3.8, 4) is 0 Å². The summed E-state index contributed by atoms with van der Waals surface area (Å²) >= 11 is 6.62. The molecule has 0 radical (unpaired) electrons. The lowest BCUT2D eigenvalue weighted by atomic mass is 10.5. The Morgan fingerprint density at radius 2 is 2.50 bits per heavy atom. The van der Waals surface area contributed by atoms with Gasteiger partial charge in [-0.2, -0.15) is 0 Å². The molecule has 1 aromatic heterocycles. The van der Waals surface area contributed by atoms with Crippen LogP contribution in [-0.4, -0.2) is 30.4 Å². The molecule has 1 heterocycles. The smallest absolute Gasteiger partial charge is 0.166 e. The van der Waals surface area contributed by atoms with Gasteiger partial charge in [-0.25, -0.2) is 4.98 Å². The molecule has 0 saturated carbocycles. The summed E-state index contributed by atoms with van der Waals surface area (Å²) in [6.45, 7) is 2.04. The Kier molecular flexibility index (Phi) is 5.43. The van der Waals surface area contributed by atoms with E-state index < -0.39 is 0 Å². The van der Waals surface area contributed by atoms with E-state index in [9.17, 15) is 0 Å². The number of hydrogen-bond donors (Lipinski definition) is 2. The van der Waals surface area contributed by atoms with Crippen LogP contribution in [0.5, 0.6) is 0 Å². The highest BCUT2D eigenvalue weighted by molar-refractivity contribution is 7.80.